The molecule has 2 unspecified atom stereocenters. The van der Waals surface area contributed by atoms with Gasteiger partial charge in [0.25, 0.3) is 0 Å². The molecule has 3 amide bonds. The molecule has 0 heterocycles. The average Bonchev–Trinajstić information content (AvgIpc) is 2.90. The number of carbonyl (C=O) groups excluding carboxylic acids is 3. The number of carbonyl (C=O) groups is 3. The second-order valence-electron chi connectivity index (χ2n) is 13.6. The first-order chi connectivity index (χ1) is 20.5. The maximum Gasteiger partial charge on any atom is 0.408 e. The van der Waals surface area contributed by atoms with E-state index in [2.05, 4.69) is 17.6 Å². The number of alkyl carbamates (subject to hydrolysis) is 1. The Morgan fingerprint density at radius 2 is 1.50 bits per heavy atom. The lowest BCUT2D eigenvalue weighted by Gasteiger charge is -2.36. The number of phenols is 2. The number of hydrogen-bond donors (Lipinski definition) is 4. The van der Waals surface area contributed by atoms with Gasteiger partial charge in [-0.25, -0.2) is 4.79 Å². The molecular formula is C35H53N3O6. The van der Waals surface area contributed by atoms with Gasteiger partial charge in [-0.15, -0.1) is 0 Å². The summed E-state index contributed by atoms with van der Waals surface area (Å²) in [5, 5.41) is 25.8. The predicted octanol–water partition coefficient (Wildman–Crippen LogP) is 6.69. The SMILES string of the molecule is CCCCCCCCN(C(=O)C(Cc1ccc(O)cc1)NC(=O)OC(C)(C)C)C(C(=O)NC(C)(C)C)c1ccc(O)c(C)c1. The summed E-state index contributed by atoms with van der Waals surface area (Å²) in [5.41, 5.74) is 0.495. The first-order valence-electron chi connectivity index (χ1n) is 15.7. The number of aryl methyl sites for hydroxylation is 1. The molecule has 2 aromatic rings. The molecule has 0 radical (unpaired) electrons. The standard InChI is InChI=1S/C35H53N3O6/c1-9-10-11-12-13-14-21-38(30(31(41)37-34(3,4)5)26-17-20-29(40)24(2)22-26)32(42)28(36-33(43)44-35(6,7)8)23-25-15-18-27(39)19-16-25/h15-20,22,28,30,39-40H,9-14,21,23H2,1-8H3,(H,36,43)(H,37,41). The lowest BCUT2D eigenvalue weighted by Crippen LogP contribution is -2.55. The van der Waals surface area contributed by atoms with Crippen molar-refractivity contribution in [1.82, 2.24) is 15.5 Å². The van der Waals surface area contributed by atoms with Crippen molar-refractivity contribution in [3.05, 3.63) is 59.2 Å². The van der Waals surface area contributed by atoms with Crippen molar-refractivity contribution in [2.24, 2.45) is 0 Å². The monoisotopic (exact) mass is 611 g/mol. The highest BCUT2D eigenvalue weighted by molar-refractivity contribution is 5.92. The Bertz CT molecular complexity index is 1230. The third-order valence-corrected chi connectivity index (χ3v) is 7.00. The molecule has 44 heavy (non-hydrogen) atoms. The molecule has 0 bridgehead atoms. The number of phenolic OH excluding ortho intramolecular Hbond substituents is 2. The summed E-state index contributed by atoms with van der Waals surface area (Å²) in [6, 6.07) is 9.27. The third kappa shape index (κ3) is 12.5. The molecule has 9 nitrogen and oxygen atoms in total. The van der Waals surface area contributed by atoms with E-state index in [1.165, 1.54) is 18.2 Å². The maximum absolute atomic E-state index is 14.6. The van der Waals surface area contributed by atoms with E-state index in [1.807, 2.05) is 20.8 Å². The van der Waals surface area contributed by atoms with Crippen molar-refractivity contribution in [3.8, 4) is 11.5 Å². The van der Waals surface area contributed by atoms with E-state index in [0.29, 0.717) is 23.1 Å². The van der Waals surface area contributed by atoms with Gasteiger partial charge in [0.2, 0.25) is 11.8 Å². The summed E-state index contributed by atoms with van der Waals surface area (Å²) in [6.07, 6.45) is 5.30. The highest BCUT2D eigenvalue weighted by Crippen LogP contribution is 2.29. The van der Waals surface area contributed by atoms with Gasteiger partial charge in [0.05, 0.1) is 0 Å². The Kier molecular flexibility index (Phi) is 13.5. The van der Waals surface area contributed by atoms with Crippen LogP contribution in [0.25, 0.3) is 0 Å². The zero-order valence-electron chi connectivity index (χ0n) is 27.8. The number of unbranched alkanes of at least 4 members (excludes halogenated alkanes) is 5. The zero-order valence-corrected chi connectivity index (χ0v) is 27.8. The van der Waals surface area contributed by atoms with Crippen molar-refractivity contribution in [2.45, 2.75) is 124 Å². The normalized spacial score (nSPS) is 13.1. The number of nitrogens with one attached hydrogen (secondary N) is 2. The minimum Gasteiger partial charge on any atom is -0.508 e. The van der Waals surface area contributed by atoms with E-state index in [4.69, 9.17) is 4.74 Å². The topological polar surface area (TPSA) is 128 Å². The molecule has 0 aromatic heterocycles. The minimum absolute atomic E-state index is 0.0862. The van der Waals surface area contributed by atoms with E-state index in [1.54, 1.807) is 56.9 Å². The molecule has 2 rings (SSSR count). The van der Waals surface area contributed by atoms with Gasteiger partial charge in [-0.3, -0.25) is 9.59 Å². The number of amides is 3. The summed E-state index contributed by atoms with van der Waals surface area (Å²) in [6.45, 7) is 15.1. The Morgan fingerprint density at radius 1 is 0.886 bits per heavy atom. The van der Waals surface area contributed by atoms with Crippen molar-refractivity contribution < 1.29 is 29.3 Å². The lowest BCUT2D eigenvalue weighted by molar-refractivity contribution is -0.143. The van der Waals surface area contributed by atoms with Crippen LogP contribution in [0.4, 0.5) is 4.79 Å². The minimum atomic E-state index is -1.06. The molecule has 0 aliphatic rings. The van der Waals surface area contributed by atoms with Crippen LogP contribution in [0.5, 0.6) is 11.5 Å². The van der Waals surface area contributed by atoms with E-state index in [-0.39, 0.29) is 30.4 Å². The average molecular weight is 612 g/mol. The predicted molar refractivity (Wildman–Crippen MR) is 174 cm³/mol. The summed E-state index contributed by atoms with van der Waals surface area (Å²) in [4.78, 5) is 43.1. The Morgan fingerprint density at radius 3 is 2.07 bits per heavy atom. The fourth-order valence-electron chi connectivity index (χ4n) is 4.91. The first-order valence-corrected chi connectivity index (χ1v) is 15.7. The third-order valence-electron chi connectivity index (χ3n) is 7.00. The molecular weight excluding hydrogens is 558 g/mol. The van der Waals surface area contributed by atoms with E-state index >= 15 is 0 Å². The molecule has 244 valence electrons. The Hall–Kier alpha value is -3.75. The van der Waals surface area contributed by atoms with Crippen LogP contribution in [-0.2, 0) is 20.7 Å². The molecule has 2 aromatic carbocycles. The largest absolute Gasteiger partial charge is 0.508 e. The van der Waals surface area contributed by atoms with Crippen LogP contribution < -0.4 is 10.6 Å². The smallest absolute Gasteiger partial charge is 0.408 e. The van der Waals surface area contributed by atoms with Crippen LogP contribution in [0, 0.1) is 6.92 Å². The molecule has 0 saturated carbocycles. The quantitative estimate of drug-likeness (QED) is 0.176. The number of aromatic hydroxyl groups is 2. The zero-order chi connectivity index (χ0) is 33.1. The summed E-state index contributed by atoms with van der Waals surface area (Å²) in [5.74, 6) is -0.614. The van der Waals surface area contributed by atoms with Crippen molar-refractivity contribution in [1.29, 1.82) is 0 Å². The van der Waals surface area contributed by atoms with Gasteiger partial charge in [-0.2, -0.15) is 0 Å². The molecule has 0 aliphatic carbocycles. The molecule has 0 fully saturated rings. The fraction of sp³-hybridized carbons (Fsp3) is 0.571. The molecule has 4 N–H and O–H groups in total. The highest BCUT2D eigenvalue weighted by Gasteiger charge is 2.37. The van der Waals surface area contributed by atoms with Gasteiger partial charge in [0.15, 0.2) is 0 Å². The van der Waals surface area contributed by atoms with Gasteiger partial charge in [-0.1, -0.05) is 57.2 Å². The van der Waals surface area contributed by atoms with E-state index in [9.17, 15) is 24.6 Å². The molecule has 0 aliphatic heterocycles. The fourth-order valence-corrected chi connectivity index (χ4v) is 4.91. The number of hydrogen-bond acceptors (Lipinski definition) is 6. The summed E-state index contributed by atoms with van der Waals surface area (Å²) < 4.78 is 5.51. The van der Waals surface area contributed by atoms with Crippen LogP contribution in [0.1, 0.15) is 110 Å². The van der Waals surface area contributed by atoms with Gasteiger partial charge in [0.1, 0.15) is 29.2 Å². The second kappa shape index (κ2) is 16.4. The Labute approximate surface area is 263 Å². The van der Waals surface area contributed by atoms with E-state index < -0.39 is 35.2 Å². The molecule has 0 saturated heterocycles. The number of benzene rings is 2. The maximum atomic E-state index is 14.6. The van der Waals surface area contributed by atoms with Gasteiger partial charge in [0, 0.05) is 18.5 Å². The molecule has 0 spiro atoms. The first kappa shape index (κ1) is 36.4. The van der Waals surface area contributed by atoms with E-state index in [0.717, 1.165) is 32.1 Å². The number of ether oxygens (including phenoxy) is 1. The second-order valence-corrected chi connectivity index (χ2v) is 13.6. The van der Waals surface area contributed by atoms with Gasteiger partial charge < -0.3 is 30.5 Å². The van der Waals surface area contributed by atoms with Crippen molar-refractivity contribution in [2.75, 3.05) is 6.54 Å². The highest BCUT2D eigenvalue weighted by atomic mass is 16.6. The molecule has 2 atom stereocenters. The van der Waals surface area contributed by atoms with Crippen LogP contribution in [-0.4, -0.2) is 56.7 Å². The van der Waals surface area contributed by atoms with Crippen molar-refractivity contribution >= 4 is 17.9 Å². The molecule has 9 heteroatoms. The number of rotatable bonds is 14. The van der Waals surface area contributed by atoms with Crippen LogP contribution >= 0.6 is 0 Å². The van der Waals surface area contributed by atoms with Crippen molar-refractivity contribution in [3.63, 3.8) is 0 Å². The number of nitrogens with zero attached hydrogens (tertiary/aromatic N) is 1. The lowest BCUT2D eigenvalue weighted by atomic mass is 9.97. The van der Waals surface area contributed by atoms with Crippen LogP contribution in [0.3, 0.4) is 0 Å². The Balaban J connectivity index is 2.59. The van der Waals surface area contributed by atoms with Gasteiger partial charge in [-0.05, 0) is 95.8 Å². The van der Waals surface area contributed by atoms with Crippen LogP contribution in [0.15, 0.2) is 42.5 Å². The van der Waals surface area contributed by atoms with Gasteiger partial charge >= 0.3 is 6.09 Å². The van der Waals surface area contributed by atoms with Crippen LogP contribution in [0.2, 0.25) is 0 Å². The summed E-state index contributed by atoms with van der Waals surface area (Å²) >= 11 is 0. The summed E-state index contributed by atoms with van der Waals surface area (Å²) in [7, 11) is 0.